The highest BCUT2D eigenvalue weighted by atomic mass is 31.3. The van der Waals surface area contributed by atoms with Crippen LogP contribution in [0.2, 0.25) is 0 Å². The van der Waals surface area contributed by atoms with Crippen LogP contribution in [0.5, 0.6) is 0 Å². The maximum Gasteiger partial charge on any atom is 0.478 e. The van der Waals surface area contributed by atoms with Crippen LogP contribution in [0.25, 0.3) is 0 Å². The predicted octanol–water partition coefficient (Wildman–Crippen LogP) is -0.659. The van der Waals surface area contributed by atoms with E-state index in [0.29, 0.717) is 0 Å². The first-order valence-electron chi connectivity index (χ1n) is 1.53. The Morgan fingerprint density at radius 1 is 0.900 bits per heavy atom. The molecule has 0 atom stereocenters. The Hall–Kier alpha value is 0.190. The highest BCUT2D eigenvalue weighted by Crippen LogP contribution is 2.53. The Morgan fingerprint density at radius 2 is 1.10 bits per heavy atom. The second-order valence-corrected chi connectivity index (χ2v) is 3.68. The molecule has 4 N–H and O–H groups in total. The van der Waals surface area contributed by atoms with Gasteiger partial charge >= 0.3 is 15.6 Å². The van der Waals surface area contributed by atoms with Gasteiger partial charge < -0.3 is 19.6 Å². The normalized spacial score (nSPS) is 12.4. The largest absolute Gasteiger partial charge is 0.478 e. The van der Waals surface area contributed by atoms with Crippen LogP contribution in [-0.4, -0.2) is 19.6 Å². The molecule has 0 rings (SSSR count). The van der Waals surface area contributed by atoms with Crippen molar-refractivity contribution in [2.45, 2.75) is 0 Å². The number of hydrogen-bond donors (Lipinski definition) is 4. The fourth-order valence-electron chi connectivity index (χ4n) is 0.139. The molecule has 0 fully saturated rings. The van der Waals surface area contributed by atoms with Crippen molar-refractivity contribution < 1.29 is 37.7 Å². The second kappa shape index (κ2) is 3.54. The van der Waals surface area contributed by atoms with Crippen LogP contribution in [0.3, 0.4) is 0 Å². The topological polar surface area (TPSA) is 124 Å². The summed E-state index contributed by atoms with van der Waals surface area (Å²) < 4.78 is 22.2. The van der Waals surface area contributed by atoms with Crippen molar-refractivity contribution in [3.63, 3.8) is 0 Å². The van der Waals surface area contributed by atoms with E-state index in [2.05, 4.69) is 4.31 Å². The van der Waals surface area contributed by atoms with E-state index in [0.717, 1.165) is 0 Å². The minimum atomic E-state index is -5.05. The van der Waals surface area contributed by atoms with Crippen molar-refractivity contribution in [1.29, 1.82) is 0 Å². The lowest BCUT2D eigenvalue weighted by molar-refractivity contribution is 0.225. The van der Waals surface area contributed by atoms with Gasteiger partial charge in [0.25, 0.3) is 0 Å². The molecule has 0 aromatic carbocycles. The predicted molar refractivity (Wildman–Crippen MR) is 27.7 cm³/mol. The molecule has 0 saturated heterocycles. The van der Waals surface area contributed by atoms with Gasteiger partial charge in [-0.1, -0.05) is 0 Å². The summed E-state index contributed by atoms with van der Waals surface area (Å²) in [5.41, 5.74) is 0. The van der Waals surface area contributed by atoms with E-state index < -0.39 is 15.6 Å². The van der Waals surface area contributed by atoms with Crippen molar-refractivity contribution in [3.8, 4) is 0 Å². The van der Waals surface area contributed by atoms with Crippen molar-refractivity contribution in [3.05, 3.63) is 0 Å². The average Bonchev–Trinajstić information content (AvgIpc) is 1.14. The third-order valence-corrected chi connectivity index (χ3v) is 1.91. The molecule has 10 heavy (non-hydrogen) atoms. The minimum absolute atomic E-state index is 0. The minimum Gasteiger partial charge on any atom is -0.302 e. The molecule has 0 bridgehead atoms. The van der Waals surface area contributed by atoms with Gasteiger partial charge in [-0.3, -0.25) is 4.70 Å². The molecule has 0 aliphatic heterocycles. The van der Waals surface area contributed by atoms with Gasteiger partial charge in [0.2, 0.25) is 0 Å². The standard InChI is InChI=1S/FH.H4O7P2/c;1-8(2,3)7-9(4,5)6/h1H;(H2,1,2,3)(H2,4,5,6). The molecular formula is H5FO7P2. The van der Waals surface area contributed by atoms with Gasteiger partial charge in [-0.25, -0.2) is 9.13 Å². The molecular weight excluding hydrogens is 193 g/mol. The molecule has 0 spiro atoms. The lowest BCUT2D eigenvalue weighted by Crippen LogP contribution is -1.84. The molecule has 7 nitrogen and oxygen atoms in total. The molecule has 0 saturated carbocycles. The van der Waals surface area contributed by atoms with Gasteiger partial charge in [-0.2, -0.15) is 4.31 Å². The Bertz CT molecular complexity index is 152. The van der Waals surface area contributed by atoms with Gasteiger partial charge in [-0.15, -0.1) is 0 Å². The van der Waals surface area contributed by atoms with Crippen molar-refractivity contribution >= 4 is 15.6 Å². The summed E-state index contributed by atoms with van der Waals surface area (Å²) in [7, 11) is -10.1. The Labute approximate surface area is 54.5 Å². The number of hydrogen-bond acceptors (Lipinski definition) is 3. The van der Waals surface area contributed by atoms with Crippen LogP contribution in [0.4, 0.5) is 4.70 Å². The smallest absolute Gasteiger partial charge is 0.302 e. The zero-order chi connectivity index (χ0) is 7.71. The third-order valence-electron chi connectivity index (χ3n) is 0.213. The lowest BCUT2D eigenvalue weighted by Gasteiger charge is -2.03. The van der Waals surface area contributed by atoms with Gasteiger partial charge in [0, 0.05) is 0 Å². The lowest BCUT2D eigenvalue weighted by atomic mass is 15.7. The monoisotopic (exact) mass is 198 g/mol. The highest BCUT2D eigenvalue weighted by molar-refractivity contribution is 7.60. The van der Waals surface area contributed by atoms with E-state index in [-0.39, 0.29) is 4.70 Å². The first-order chi connectivity index (χ1) is 3.71. The van der Waals surface area contributed by atoms with E-state index in [1.54, 1.807) is 0 Å². The summed E-state index contributed by atoms with van der Waals surface area (Å²) in [5.74, 6) is 0. The Kier molecular flexibility index (Phi) is 4.55. The van der Waals surface area contributed by atoms with E-state index in [1.807, 2.05) is 0 Å². The van der Waals surface area contributed by atoms with Crippen molar-refractivity contribution in [2.75, 3.05) is 0 Å². The molecule has 64 valence electrons. The number of phosphoric acid groups is 2. The third kappa shape index (κ3) is 11.0. The van der Waals surface area contributed by atoms with Crippen molar-refractivity contribution in [2.24, 2.45) is 0 Å². The zero-order valence-electron chi connectivity index (χ0n) is 4.32. The van der Waals surface area contributed by atoms with Crippen LogP contribution in [0.15, 0.2) is 0 Å². The number of rotatable bonds is 2. The van der Waals surface area contributed by atoms with Crippen LogP contribution in [0, 0.1) is 0 Å². The molecule has 0 amide bonds. The molecule has 0 radical (unpaired) electrons. The molecule has 0 aromatic heterocycles. The quantitative estimate of drug-likeness (QED) is 0.434. The SMILES string of the molecule is F.O=P(O)(O)OP(=O)(O)O. The van der Waals surface area contributed by atoms with Gasteiger partial charge in [-0.05, 0) is 0 Å². The van der Waals surface area contributed by atoms with Crippen LogP contribution < -0.4 is 0 Å². The van der Waals surface area contributed by atoms with Gasteiger partial charge in [0.15, 0.2) is 0 Å². The van der Waals surface area contributed by atoms with E-state index >= 15 is 0 Å². The molecule has 0 heterocycles. The Balaban J connectivity index is 0. The van der Waals surface area contributed by atoms with Crippen LogP contribution in [-0.2, 0) is 13.4 Å². The molecule has 0 unspecified atom stereocenters. The molecule has 0 aliphatic carbocycles. The summed E-state index contributed by atoms with van der Waals surface area (Å²) in [6, 6.07) is 0. The first kappa shape index (κ1) is 12.8. The summed E-state index contributed by atoms with van der Waals surface area (Å²) in [4.78, 5) is 31.0. The van der Waals surface area contributed by atoms with Gasteiger partial charge in [0.05, 0.1) is 0 Å². The maximum absolute atomic E-state index is 9.63. The number of halogens is 1. The van der Waals surface area contributed by atoms with Gasteiger partial charge in [0.1, 0.15) is 0 Å². The highest BCUT2D eigenvalue weighted by Gasteiger charge is 2.27. The molecule has 10 heteroatoms. The maximum atomic E-state index is 9.63. The second-order valence-electron chi connectivity index (χ2n) is 1.06. The first-order valence-corrected chi connectivity index (χ1v) is 4.59. The molecule has 0 aliphatic rings. The van der Waals surface area contributed by atoms with Crippen LogP contribution in [0.1, 0.15) is 0 Å². The summed E-state index contributed by atoms with van der Waals surface area (Å²) in [5, 5.41) is 0. The van der Waals surface area contributed by atoms with E-state index in [9.17, 15) is 9.13 Å². The summed E-state index contributed by atoms with van der Waals surface area (Å²) in [6.45, 7) is 0. The van der Waals surface area contributed by atoms with E-state index in [4.69, 9.17) is 19.6 Å². The summed E-state index contributed by atoms with van der Waals surface area (Å²) in [6.07, 6.45) is 0. The summed E-state index contributed by atoms with van der Waals surface area (Å²) >= 11 is 0. The van der Waals surface area contributed by atoms with Crippen LogP contribution >= 0.6 is 15.6 Å². The fourth-order valence-corrected chi connectivity index (χ4v) is 1.25. The Morgan fingerprint density at radius 3 is 1.10 bits per heavy atom. The fraction of sp³-hybridized carbons (Fsp3) is 0. The van der Waals surface area contributed by atoms with Crippen molar-refractivity contribution in [1.82, 2.24) is 0 Å². The average molecular weight is 198 g/mol. The van der Waals surface area contributed by atoms with E-state index in [1.165, 1.54) is 0 Å². The zero-order valence-corrected chi connectivity index (χ0v) is 6.11. The molecule has 0 aromatic rings.